The standard InChI is InChI=1S/C17H18N2O5S2/c1-3-12-18-17(20)15-6-4-5-7-16(15)19-26(23,24)14-10-8-13(9-11-14)25(2,21)22/h3-11,19H,1,12H2,2H3,(H,18,20). The van der Waals surface area contributed by atoms with Crippen LogP contribution in [0.3, 0.4) is 0 Å². The minimum Gasteiger partial charge on any atom is -0.349 e. The molecule has 2 aromatic carbocycles. The van der Waals surface area contributed by atoms with E-state index >= 15 is 0 Å². The lowest BCUT2D eigenvalue weighted by Crippen LogP contribution is -2.25. The van der Waals surface area contributed by atoms with Crippen LogP contribution in [0, 0.1) is 0 Å². The Morgan fingerprint density at radius 1 is 1.00 bits per heavy atom. The molecule has 2 rings (SSSR count). The van der Waals surface area contributed by atoms with Crippen molar-refractivity contribution in [2.45, 2.75) is 9.79 Å². The van der Waals surface area contributed by atoms with Crippen LogP contribution in [0.15, 0.2) is 71.0 Å². The minimum atomic E-state index is -4.00. The van der Waals surface area contributed by atoms with Crippen LogP contribution in [0.25, 0.3) is 0 Å². The van der Waals surface area contributed by atoms with Gasteiger partial charge in [0.15, 0.2) is 9.84 Å². The fraction of sp³-hybridized carbons (Fsp3) is 0.118. The van der Waals surface area contributed by atoms with Gasteiger partial charge in [-0.25, -0.2) is 16.8 Å². The predicted molar refractivity (Wildman–Crippen MR) is 99.3 cm³/mol. The van der Waals surface area contributed by atoms with E-state index in [1.807, 2.05) is 0 Å². The quantitative estimate of drug-likeness (QED) is 0.696. The van der Waals surface area contributed by atoms with Gasteiger partial charge in [0.2, 0.25) is 0 Å². The molecule has 2 N–H and O–H groups in total. The zero-order valence-electron chi connectivity index (χ0n) is 14.0. The van der Waals surface area contributed by atoms with Crippen molar-refractivity contribution in [1.29, 1.82) is 0 Å². The lowest BCUT2D eigenvalue weighted by Gasteiger charge is -2.12. The van der Waals surface area contributed by atoms with Crippen molar-refractivity contribution < 1.29 is 21.6 Å². The molecule has 0 aliphatic rings. The third kappa shape index (κ3) is 4.70. The van der Waals surface area contributed by atoms with Crippen molar-refractivity contribution in [1.82, 2.24) is 5.32 Å². The van der Waals surface area contributed by atoms with E-state index in [0.717, 1.165) is 6.26 Å². The fourth-order valence-corrected chi connectivity index (χ4v) is 3.81. The molecule has 0 unspecified atom stereocenters. The first kappa shape index (κ1) is 19.7. The van der Waals surface area contributed by atoms with Crippen LogP contribution in [-0.2, 0) is 19.9 Å². The third-order valence-corrected chi connectivity index (χ3v) is 5.90. The van der Waals surface area contributed by atoms with Crippen LogP contribution in [0.5, 0.6) is 0 Å². The molecule has 2 aromatic rings. The molecule has 138 valence electrons. The number of rotatable bonds is 7. The third-order valence-electron chi connectivity index (χ3n) is 3.39. The number of amides is 1. The molecule has 0 fully saturated rings. The highest BCUT2D eigenvalue weighted by Crippen LogP contribution is 2.21. The van der Waals surface area contributed by atoms with Gasteiger partial charge in [-0.3, -0.25) is 9.52 Å². The molecule has 26 heavy (non-hydrogen) atoms. The number of hydrogen-bond acceptors (Lipinski definition) is 5. The molecular formula is C17H18N2O5S2. The molecule has 0 bridgehead atoms. The number of hydrogen-bond donors (Lipinski definition) is 2. The van der Waals surface area contributed by atoms with Crippen molar-refractivity contribution in [3.05, 3.63) is 66.7 Å². The summed E-state index contributed by atoms with van der Waals surface area (Å²) in [7, 11) is -7.42. The lowest BCUT2D eigenvalue weighted by atomic mass is 10.1. The van der Waals surface area contributed by atoms with E-state index in [9.17, 15) is 21.6 Å². The zero-order valence-corrected chi connectivity index (χ0v) is 15.6. The largest absolute Gasteiger partial charge is 0.349 e. The highest BCUT2D eigenvalue weighted by molar-refractivity contribution is 7.92. The van der Waals surface area contributed by atoms with Gasteiger partial charge in [-0.05, 0) is 36.4 Å². The molecule has 0 spiro atoms. The van der Waals surface area contributed by atoms with E-state index in [2.05, 4.69) is 16.6 Å². The number of carbonyl (C=O) groups excluding carboxylic acids is 1. The molecule has 0 atom stereocenters. The van der Waals surface area contributed by atoms with Crippen molar-refractivity contribution >= 4 is 31.5 Å². The Hall–Kier alpha value is -2.65. The summed E-state index contributed by atoms with van der Waals surface area (Å²) in [5, 5.41) is 2.58. The average Bonchev–Trinajstić information content (AvgIpc) is 2.59. The smallest absolute Gasteiger partial charge is 0.261 e. The molecule has 0 saturated carbocycles. The summed E-state index contributed by atoms with van der Waals surface area (Å²) >= 11 is 0. The summed E-state index contributed by atoms with van der Waals surface area (Å²) in [5.74, 6) is -0.448. The molecule has 0 aromatic heterocycles. The van der Waals surface area contributed by atoms with E-state index in [0.29, 0.717) is 0 Å². The molecule has 0 saturated heterocycles. The first-order valence-corrected chi connectivity index (χ1v) is 10.8. The number of sulfonamides is 1. The maximum atomic E-state index is 12.5. The van der Waals surface area contributed by atoms with Gasteiger partial charge in [0, 0.05) is 12.8 Å². The highest BCUT2D eigenvalue weighted by Gasteiger charge is 2.19. The lowest BCUT2D eigenvalue weighted by molar-refractivity contribution is 0.0959. The van der Waals surface area contributed by atoms with E-state index in [-0.39, 0.29) is 27.6 Å². The average molecular weight is 394 g/mol. The second-order valence-electron chi connectivity index (χ2n) is 5.39. The van der Waals surface area contributed by atoms with Crippen molar-refractivity contribution in [2.24, 2.45) is 0 Å². The molecule has 0 aliphatic heterocycles. The van der Waals surface area contributed by atoms with Crippen molar-refractivity contribution in [3.63, 3.8) is 0 Å². The SMILES string of the molecule is C=CCNC(=O)c1ccccc1NS(=O)(=O)c1ccc(S(C)(=O)=O)cc1. The van der Waals surface area contributed by atoms with Gasteiger partial charge in [-0.15, -0.1) is 6.58 Å². The van der Waals surface area contributed by atoms with Gasteiger partial charge < -0.3 is 5.32 Å². The van der Waals surface area contributed by atoms with Gasteiger partial charge in [-0.1, -0.05) is 18.2 Å². The Morgan fingerprint density at radius 2 is 1.58 bits per heavy atom. The van der Waals surface area contributed by atoms with Crippen molar-refractivity contribution in [2.75, 3.05) is 17.5 Å². The monoisotopic (exact) mass is 394 g/mol. The van der Waals surface area contributed by atoms with Crippen LogP contribution in [0.1, 0.15) is 10.4 Å². The molecule has 0 heterocycles. The van der Waals surface area contributed by atoms with Gasteiger partial charge >= 0.3 is 0 Å². The Kier molecular flexibility index (Phi) is 5.83. The summed E-state index contributed by atoms with van der Waals surface area (Å²) in [5.41, 5.74) is 0.270. The maximum Gasteiger partial charge on any atom is 0.261 e. The first-order valence-electron chi connectivity index (χ1n) is 7.46. The predicted octanol–water partition coefficient (Wildman–Crippen LogP) is 1.81. The van der Waals surface area contributed by atoms with E-state index in [4.69, 9.17) is 0 Å². The van der Waals surface area contributed by atoms with E-state index in [1.54, 1.807) is 12.1 Å². The van der Waals surface area contributed by atoms with Crippen LogP contribution >= 0.6 is 0 Å². The van der Waals surface area contributed by atoms with Crippen LogP contribution < -0.4 is 10.0 Å². The molecule has 7 nitrogen and oxygen atoms in total. The van der Waals surface area contributed by atoms with Crippen LogP contribution in [0.4, 0.5) is 5.69 Å². The van der Waals surface area contributed by atoms with Gasteiger partial charge in [0.25, 0.3) is 15.9 Å². The summed E-state index contributed by atoms with van der Waals surface area (Å²) in [6, 6.07) is 11.0. The van der Waals surface area contributed by atoms with Gasteiger partial charge in [0.1, 0.15) is 0 Å². The van der Waals surface area contributed by atoms with Crippen LogP contribution in [-0.4, -0.2) is 35.5 Å². The Labute approximate surface area is 152 Å². The number of carbonyl (C=O) groups is 1. The molecule has 0 aliphatic carbocycles. The normalized spacial score (nSPS) is 11.6. The minimum absolute atomic E-state index is 0.0145. The molecule has 9 heteroatoms. The Balaban J connectivity index is 2.33. The Morgan fingerprint density at radius 3 is 2.15 bits per heavy atom. The number of anilines is 1. The summed E-state index contributed by atoms with van der Waals surface area (Å²) in [4.78, 5) is 12.0. The van der Waals surface area contributed by atoms with Crippen LogP contribution in [0.2, 0.25) is 0 Å². The number of para-hydroxylation sites is 1. The summed E-state index contributed by atoms with van der Waals surface area (Å²) < 4.78 is 50.4. The van der Waals surface area contributed by atoms with Gasteiger partial charge in [0.05, 0.1) is 21.0 Å². The maximum absolute atomic E-state index is 12.5. The van der Waals surface area contributed by atoms with E-state index < -0.39 is 25.8 Å². The topological polar surface area (TPSA) is 109 Å². The summed E-state index contributed by atoms with van der Waals surface area (Å²) in [6.45, 7) is 3.75. The Bertz CT molecular complexity index is 1030. The molecule has 0 radical (unpaired) electrons. The zero-order chi connectivity index (χ0) is 19.4. The highest BCUT2D eigenvalue weighted by atomic mass is 32.2. The second kappa shape index (κ2) is 7.71. The van der Waals surface area contributed by atoms with Gasteiger partial charge in [-0.2, -0.15) is 0 Å². The number of benzene rings is 2. The van der Waals surface area contributed by atoms with Crippen molar-refractivity contribution in [3.8, 4) is 0 Å². The number of sulfone groups is 1. The first-order chi connectivity index (χ1) is 12.1. The molecule has 1 amide bonds. The number of nitrogens with one attached hydrogen (secondary N) is 2. The summed E-state index contributed by atoms with van der Waals surface area (Å²) in [6.07, 6.45) is 2.54. The molecular weight excluding hydrogens is 376 g/mol. The second-order valence-corrected chi connectivity index (χ2v) is 9.09. The van der Waals surface area contributed by atoms with E-state index in [1.165, 1.54) is 42.5 Å². The fourth-order valence-electron chi connectivity index (χ4n) is 2.10.